The van der Waals surface area contributed by atoms with E-state index in [1.54, 1.807) is 23.7 Å². The van der Waals surface area contributed by atoms with Crippen LogP contribution >= 0.6 is 22.7 Å². The summed E-state index contributed by atoms with van der Waals surface area (Å²) in [6.07, 6.45) is 4.49. The largest absolute Gasteiger partial charge is 0.490 e. The molecule has 2 saturated heterocycles. The number of hydrogen-bond donors (Lipinski definition) is 3. The lowest BCUT2D eigenvalue weighted by molar-refractivity contribution is -0.192. The number of piperidine rings is 1. The molecule has 0 saturated carbocycles. The van der Waals surface area contributed by atoms with Crippen molar-refractivity contribution in [2.75, 3.05) is 11.9 Å². The minimum Gasteiger partial charge on any atom is -0.475 e. The molecular formula is C23H25F3N8O3S2. The van der Waals surface area contributed by atoms with Gasteiger partial charge in [0.2, 0.25) is 5.13 Å². The van der Waals surface area contributed by atoms with Crippen molar-refractivity contribution in [2.45, 2.75) is 62.8 Å². The van der Waals surface area contributed by atoms with Crippen LogP contribution in [0.5, 0.6) is 0 Å². The normalized spacial score (nSPS) is 24.4. The molecule has 0 aliphatic carbocycles. The standard InChI is InChI=1S/C21H24N8OS2.C2HF3O2/c1-20-4-5-21(2,27-20)8-13(7-20)28(3)18-25-16-17(31-18)26-19(32-16)29-11-22-14(6-15(29)30)12-9-23-24-10-12;3-2(4,5)1(6)7/h6,9-11,13,27H,4-5,7-8H2,1-3H3,(H,23,24);(H,6,7)/t13?,20-,21+;. The molecule has 1 unspecified atom stereocenters. The number of rotatable bonds is 4. The predicted octanol–water partition coefficient (Wildman–Crippen LogP) is 3.82. The average Bonchev–Trinajstić information content (AvgIpc) is 3.61. The van der Waals surface area contributed by atoms with Crippen molar-refractivity contribution in [1.82, 2.24) is 35.0 Å². The van der Waals surface area contributed by atoms with Crippen LogP contribution in [0.3, 0.4) is 0 Å². The number of nitrogens with one attached hydrogen (secondary N) is 2. The molecule has 2 aliphatic heterocycles. The van der Waals surface area contributed by atoms with E-state index in [1.165, 1.54) is 41.1 Å². The molecule has 3 atom stereocenters. The third-order valence-corrected chi connectivity index (χ3v) is 9.18. The topological polar surface area (TPSA) is 142 Å². The van der Waals surface area contributed by atoms with Gasteiger partial charge in [-0.25, -0.2) is 24.3 Å². The third kappa shape index (κ3) is 5.53. The molecule has 4 aromatic rings. The number of alkyl halides is 3. The molecule has 0 spiro atoms. The Morgan fingerprint density at radius 1 is 1.18 bits per heavy atom. The van der Waals surface area contributed by atoms with Gasteiger partial charge in [0.1, 0.15) is 6.33 Å². The minimum atomic E-state index is -5.08. The van der Waals surface area contributed by atoms with Gasteiger partial charge in [-0.15, -0.1) is 0 Å². The zero-order chi connectivity index (χ0) is 28.2. The molecule has 4 aromatic heterocycles. The Kier molecular flexibility index (Phi) is 6.75. The molecule has 0 aromatic carbocycles. The fourth-order valence-corrected chi connectivity index (χ4v) is 7.27. The van der Waals surface area contributed by atoms with Gasteiger partial charge in [-0.1, -0.05) is 22.7 Å². The van der Waals surface area contributed by atoms with Crippen LogP contribution in [-0.2, 0) is 4.79 Å². The van der Waals surface area contributed by atoms with Gasteiger partial charge in [0, 0.05) is 42.0 Å². The quantitative estimate of drug-likeness (QED) is 0.327. The van der Waals surface area contributed by atoms with Crippen LogP contribution in [-0.4, -0.2) is 71.1 Å². The number of halogens is 3. The van der Waals surface area contributed by atoms with Crippen molar-refractivity contribution in [3.63, 3.8) is 0 Å². The Balaban J connectivity index is 0.000000392. The lowest BCUT2D eigenvalue weighted by Crippen LogP contribution is -2.58. The van der Waals surface area contributed by atoms with E-state index in [0.29, 0.717) is 16.9 Å². The number of hydrogen-bond acceptors (Lipinski definition) is 10. The summed E-state index contributed by atoms with van der Waals surface area (Å²) in [7, 11) is 2.15. The summed E-state index contributed by atoms with van der Waals surface area (Å²) in [6, 6.07) is 1.95. The summed E-state index contributed by atoms with van der Waals surface area (Å²) in [6.45, 7) is 4.69. The van der Waals surface area contributed by atoms with Crippen LogP contribution in [0.15, 0.2) is 29.6 Å². The lowest BCUT2D eigenvalue weighted by atomic mass is 9.84. The highest BCUT2D eigenvalue weighted by Crippen LogP contribution is 2.45. The summed E-state index contributed by atoms with van der Waals surface area (Å²) in [5, 5.41) is 19.2. The Labute approximate surface area is 227 Å². The van der Waals surface area contributed by atoms with Crippen LogP contribution in [0.25, 0.3) is 26.0 Å². The van der Waals surface area contributed by atoms with Gasteiger partial charge in [-0.05, 0) is 39.5 Å². The highest BCUT2D eigenvalue weighted by atomic mass is 32.1. The van der Waals surface area contributed by atoms with Gasteiger partial charge >= 0.3 is 12.1 Å². The third-order valence-electron chi connectivity index (χ3n) is 7.06. The molecule has 39 heavy (non-hydrogen) atoms. The number of nitrogens with zero attached hydrogens (tertiary/aromatic N) is 6. The van der Waals surface area contributed by atoms with Gasteiger partial charge < -0.3 is 15.3 Å². The lowest BCUT2D eigenvalue weighted by Gasteiger charge is -2.45. The Bertz CT molecular complexity index is 1520. The first-order valence-corrected chi connectivity index (χ1v) is 13.6. The van der Waals surface area contributed by atoms with E-state index < -0.39 is 12.1 Å². The smallest absolute Gasteiger partial charge is 0.475 e. The fraction of sp³-hybridized carbons (Fsp3) is 0.478. The summed E-state index contributed by atoms with van der Waals surface area (Å²) in [5.74, 6) is -2.76. The van der Waals surface area contributed by atoms with Crippen molar-refractivity contribution in [1.29, 1.82) is 0 Å². The second-order valence-corrected chi connectivity index (χ2v) is 12.2. The van der Waals surface area contributed by atoms with E-state index in [9.17, 15) is 18.0 Å². The van der Waals surface area contributed by atoms with E-state index in [0.717, 1.165) is 33.2 Å². The molecule has 16 heteroatoms. The zero-order valence-corrected chi connectivity index (χ0v) is 22.7. The van der Waals surface area contributed by atoms with Gasteiger partial charge in [-0.3, -0.25) is 9.89 Å². The number of carbonyl (C=O) groups is 1. The highest BCUT2D eigenvalue weighted by molar-refractivity contribution is 7.29. The molecular weight excluding hydrogens is 557 g/mol. The first-order valence-electron chi connectivity index (χ1n) is 11.9. The Hall–Kier alpha value is -3.37. The van der Waals surface area contributed by atoms with Crippen LogP contribution in [0.1, 0.15) is 39.5 Å². The first kappa shape index (κ1) is 27.2. The summed E-state index contributed by atoms with van der Waals surface area (Å²) in [5.41, 5.74) is 1.60. The monoisotopic (exact) mass is 582 g/mol. The molecule has 2 fully saturated rings. The first-order chi connectivity index (χ1) is 18.3. The molecule has 208 valence electrons. The Morgan fingerprint density at radius 2 is 1.82 bits per heavy atom. The molecule has 2 aliphatic rings. The molecule has 2 bridgehead atoms. The number of aromatic amines is 1. The van der Waals surface area contributed by atoms with Crippen LogP contribution < -0.4 is 15.8 Å². The van der Waals surface area contributed by atoms with Gasteiger partial charge in [-0.2, -0.15) is 18.3 Å². The maximum atomic E-state index is 12.7. The number of anilines is 1. The van der Waals surface area contributed by atoms with E-state index in [-0.39, 0.29) is 16.6 Å². The molecule has 6 rings (SSSR count). The van der Waals surface area contributed by atoms with Crippen LogP contribution in [0, 0.1) is 0 Å². The predicted molar refractivity (Wildman–Crippen MR) is 141 cm³/mol. The highest BCUT2D eigenvalue weighted by Gasteiger charge is 2.49. The second-order valence-electron chi connectivity index (χ2n) is 10.3. The summed E-state index contributed by atoms with van der Waals surface area (Å²) < 4.78 is 33.2. The average molecular weight is 583 g/mol. The van der Waals surface area contributed by atoms with Crippen molar-refractivity contribution in [3.05, 3.63) is 35.1 Å². The molecule has 6 heterocycles. The molecule has 0 radical (unpaired) electrons. The van der Waals surface area contributed by atoms with Crippen molar-refractivity contribution in [3.8, 4) is 16.4 Å². The molecule has 11 nitrogen and oxygen atoms in total. The number of carboxylic acid groups (broad SMARTS) is 1. The molecule has 0 amide bonds. The second kappa shape index (κ2) is 9.67. The number of aliphatic carboxylic acids is 1. The number of H-pyrrole nitrogens is 1. The van der Waals surface area contributed by atoms with Gasteiger partial charge in [0.05, 0.1) is 11.9 Å². The van der Waals surface area contributed by atoms with Crippen LogP contribution in [0.4, 0.5) is 18.3 Å². The van der Waals surface area contributed by atoms with Gasteiger partial charge in [0.25, 0.3) is 5.56 Å². The maximum Gasteiger partial charge on any atom is 0.490 e. The Morgan fingerprint density at radius 3 is 2.36 bits per heavy atom. The van der Waals surface area contributed by atoms with E-state index in [2.05, 4.69) is 46.3 Å². The summed E-state index contributed by atoms with van der Waals surface area (Å²) >= 11 is 3.01. The van der Waals surface area contributed by atoms with E-state index >= 15 is 0 Å². The number of carboxylic acids is 1. The fourth-order valence-electron chi connectivity index (χ4n) is 5.22. The van der Waals surface area contributed by atoms with Crippen molar-refractivity contribution < 1.29 is 23.1 Å². The number of aromatic nitrogens is 6. The summed E-state index contributed by atoms with van der Waals surface area (Å²) in [4.78, 5) is 39.6. The van der Waals surface area contributed by atoms with Crippen LogP contribution in [0.2, 0.25) is 0 Å². The number of thiazole rings is 2. The van der Waals surface area contributed by atoms with E-state index in [4.69, 9.17) is 19.9 Å². The molecule has 3 N–H and O–H groups in total. The maximum absolute atomic E-state index is 12.7. The van der Waals surface area contributed by atoms with Gasteiger partial charge in [0.15, 0.2) is 14.8 Å². The van der Waals surface area contributed by atoms with Crippen molar-refractivity contribution in [2.24, 2.45) is 0 Å². The number of fused-ring (bicyclic) bond motifs is 3. The SMILES string of the molecule is CN(c1nc2sc(-n3cnc(-c4cn[nH]c4)cc3=O)nc2s1)C1C[C@]2(C)CC[C@](C)(C1)N2.O=C(O)C(F)(F)F. The van der Waals surface area contributed by atoms with Crippen molar-refractivity contribution >= 4 is 43.4 Å². The van der Waals surface area contributed by atoms with E-state index in [1.807, 2.05) is 0 Å². The minimum absolute atomic E-state index is 0.179. The zero-order valence-electron chi connectivity index (χ0n) is 21.1.